The molecule has 0 aromatic rings. The van der Waals surface area contributed by atoms with Crippen LogP contribution in [0.15, 0.2) is 12.2 Å². The molecule has 240 valence electrons. The predicted molar refractivity (Wildman–Crippen MR) is 176 cm³/mol. The summed E-state index contributed by atoms with van der Waals surface area (Å²) in [6, 6.07) is 2.88. The number of aliphatic hydroxyl groups is 1. The van der Waals surface area contributed by atoms with Crippen molar-refractivity contribution in [1.82, 2.24) is 0 Å². The molecule has 0 saturated carbocycles. The Balaban J connectivity index is -0.000000442. The Bertz CT molecular complexity index is 577. The summed E-state index contributed by atoms with van der Waals surface area (Å²) < 4.78 is 29.7. The lowest BCUT2D eigenvalue weighted by atomic mass is 10.3. The van der Waals surface area contributed by atoms with Crippen LogP contribution in [0.2, 0.25) is 50.9 Å². The number of unbranched alkanes of at least 4 members (excludes halogenated alkanes) is 2. The highest BCUT2D eigenvalue weighted by atomic mass is 28.5. The van der Waals surface area contributed by atoms with Crippen molar-refractivity contribution in [3.8, 4) is 0 Å². The van der Waals surface area contributed by atoms with Crippen molar-refractivity contribution in [2.24, 2.45) is 0 Å². The molecule has 11 heteroatoms. The molecule has 0 aliphatic carbocycles. The molecule has 0 fully saturated rings. The average Bonchev–Trinajstić information content (AvgIpc) is 2.77. The Morgan fingerprint density at radius 2 is 1.21 bits per heavy atom. The van der Waals surface area contributed by atoms with Crippen molar-refractivity contribution >= 4 is 38.0 Å². The zero-order chi connectivity index (χ0) is 27.4. The average molecular weight is 617 g/mol. The van der Waals surface area contributed by atoms with E-state index in [1.165, 1.54) is 0 Å². The summed E-state index contributed by atoms with van der Waals surface area (Å²) in [5.74, 6) is -0.333. The molecule has 0 rings (SSSR count). The first-order chi connectivity index (χ1) is 16.4. The molecule has 1 atom stereocenters. The van der Waals surface area contributed by atoms with Crippen molar-refractivity contribution in [3.05, 3.63) is 12.2 Å². The van der Waals surface area contributed by atoms with Gasteiger partial charge in [-0.05, 0) is 77.1 Å². The minimum absolute atomic E-state index is 0. The summed E-state index contributed by atoms with van der Waals surface area (Å²) >= 11 is 0. The second-order valence-corrected chi connectivity index (χ2v) is 22.6. The van der Waals surface area contributed by atoms with Crippen LogP contribution in [-0.2, 0) is 32.0 Å². The zero-order valence-electron chi connectivity index (χ0n) is 23.4. The summed E-state index contributed by atoms with van der Waals surface area (Å²) in [7, 11) is -4.64. The minimum atomic E-state index is -2.39. The Morgan fingerprint density at radius 3 is 1.64 bits per heavy atom. The lowest BCUT2D eigenvalue weighted by Crippen LogP contribution is -2.54. The van der Waals surface area contributed by atoms with Gasteiger partial charge in [0.1, 0.15) is 6.79 Å². The molecular formula is C28H68O8Si3. The van der Waals surface area contributed by atoms with Crippen LogP contribution in [0.25, 0.3) is 0 Å². The number of hydrogen-bond donors (Lipinski definition) is 1. The van der Waals surface area contributed by atoms with Crippen LogP contribution >= 0.6 is 0 Å². The van der Waals surface area contributed by atoms with Gasteiger partial charge in [0.2, 0.25) is 0 Å². The van der Waals surface area contributed by atoms with Gasteiger partial charge in [-0.15, -0.1) is 0 Å². The Hall–Kier alpha value is -0.669. The molecule has 0 amide bonds. The van der Waals surface area contributed by atoms with E-state index in [9.17, 15) is 4.79 Å². The van der Waals surface area contributed by atoms with Gasteiger partial charge in [0, 0.05) is 25.9 Å². The normalized spacial score (nSPS) is 12.1. The van der Waals surface area contributed by atoms with Gasteiger partial charge in [-0.3, -0.25) is 0 Å². The third-order valence-electron chi connectivity index (χ3n) is 5.28. The van der Waals surface area contributed by atoms with E-state index in [1.807, 2.05) is 6.79 Å². The molecule has 0 aromatic heterocycles. The summed E-state index contributed by atoms with van der Waals surface area (Å²) in [5.41, 5.74) is 0.426. The van der Waals surface area contributed by atoms with Gasteiger partial charge < -0.3 is 32.3 Å². The zero-order valence-corrected chi connectivity index (χ0v) is 26.4. The molecule has 0 heterocycles. The first-order valence-corrected chi connectivity index (χ1v) is 21.3. The second-order valence-electron chi connectivity index (χ2n) is 10.1. The number of carbonyl (C=O) groups excluding carboxylic acids is 2. The van der Waals surface area contributed by atoms with E-state index in [0.29, 0.717) is 25.4 Å². The number of hydrogen-bond acceptors (Lipinski definition) is 8. The van der Waals surface area contributed by atoms with Crippen molar-refractivity contribution < 1.29 is 37.1 Å². The van der Waals surface area contributed by atoms with Gasteiger partial charge in [-0.2, -0.15) is 0 Å². The summed E-state index contributed by atoms with van der Waals surface area (Å²) in [6.45, 7) is 21.1. The van der Waals surface area contributed by atoms with Gasteiger partial charge >= 0.3 is 14.5 Å². The smallest absolute Gasteiger partial charge is 0.333 e. The maximum absolute atomic E-state index is 11.6. The van der Waals surface area contributed by atoms with E-state index in [0.717, 1.165) is 56.8 Å². The first kappa shape index (κ1) is 51.1. The third-order valence-corrected chi connectivity index (χ3v) is 17.5. The topological polar surface area (TPSA) is 101 Å². The standard InChI is InChI=1S/C23H50O7Si3.CH2O.4CH4/c1-22(2)23(25)28-16-13-20-32(6,7)30-33(8,21-11-9-10-14-24)29-31(4,5)19-12-15-27-18-17-26-3;1-2;;;;/h24H,1,9-21H2,2-8H3;1H2;4*1H4. The largest absolute Gasteiger partial charge is 0.462 e. The van der Waals surface area contributed by atoms with Gasteiger partial charge in [0.15, 0.2) is 16.6 Å². The predicted octanol–water partition coefficient (Wildman–Crippen LogP) is 7.59. The second kappa shape index (κ2) is 28.8. The quantitative estimate of drug-likeness (QED) is 0.0609. The van der Waals surface area contributed by atoms with E-state index in [1.54, 1.807) is 14.0 Å². The maximum Gasteiger partial charge on any atom is 0.333 e. The van der Waals surface area contributed by atoms with Crippen LogP contribution in [-0.4, -0.2) is 83.2 Å². The highest BCUT2D eigenvalue weighted by molar-refractivity contribution is 6.88. The van der Waals surface area contributed by atoms with Crippen molar-refractivity contribution in [2.45, 2.75) is 120 Å². The van der Waals surface area contributed by atoms with Crippen LogP contribution in [0.4, 0.5) is 0 Å². The third kappa shape index (κ3) is 30.1. The lowest BCUT2D eigenvalue weighted by molar-refractivity contribution is -0.138. The van der Waals surface area contributed by atoms with Crippen LogP contribution in [0, 0.1) is 0 Å². The van der Waals surface area contributed by atoms with E-state index in [-0.39, 0.29) is 42.3 Å². The fourth-order valence-corrected chi connectivity index (χ4v) is 18.2. The highest BCUT2D eigenvalue weighted by Gasteiger charge is 2.42. The molecule has 39 heavy (non-hydrogen) atoms. The van der Waals surface area contributed by atoms with E-state index in [2.05, 4.69) is 39.3 Å². The number of aliphatic hydroxyl groups excluding tert-OH is 1. The van der Waals surface area contributed by atoms with Crippen molar-refractivity contribution in [1.29, 1.82) is 0 Å². The molecule has 8 nitrogen and oxygen atoms in total. The van der Waals surface area contributed by atoms with Crippen LogP contribution in [0.1, 0.15) is 68.7 Å². The summed E-state index contributed by atoms with van der Waals surface area (Å²) in [5, 5.41) is 9.14. The number of esters is 1. The molecular weight excluding hydrogens is 549 g/mol. The van der Waals surface area contributed by atoms with Gasteiger partial charge in [-0.1, -0.05) is 49.1 Å². The maximum atomic E-state index is 11.6. The molecule has 0 radical (unpaired) electrons. The van der Waals surface area contributed by atoms with Gasteiger partial charge in [0.05, 0.1) is 19.8 Å². The summed E-state index contributed by atoms with van der Waals surface area (Å²) in [4.78, 5) is 19.6. The minimum Gasteiger partial charge on any atom is -0.462 e. The number of methoxy groups -OCH3 is 1. The highest BCUT2D eigenvalue weighted by Crippen LogP contribution is 2.30. The molecule has 1 N–H and O–H groups in total. The fourth-order valence-electron chi connectivity index (χ4n) is 3.76. The molecule has 0 saturated heterocycles. The molecule has 0 aliphatic heterocycles. The van der Waals surface area contributed by atoms with Crippen LogP contribution < -0.4 is 0 Å². The molecule has 1 unspecified atom stereocenters. The lowest BCUT2D eigenvalue weighted by Gasteiger charge is -2.41. The van der Waals surface area contributed by atoms with Crippen LogP contribution in [0.5, 0.6) is 0 Å². The van der Waals surface area contributed by atoms with Gasteiger partial charge in [0.25, 0.3) is 0 Å². The molecule has 0 spiro atoms. The van der Waals surface area contributed by atoms with Crippen molar-refractivity contribution in [2.75, 3.05) is 40.1 Å². The van der Waals surface area contributed by atoms with Crippen molar-refractivity contribution in [3.63, 3.8) is 0 Å². The summed E-state index contributed by atoms with van der Waals surface area (Å²) in [6.07, 6.45) is 4.58. The van der Waals surface area contributed by atoms with Gasteiger partial charge in [-0.25, -0.2) is 4.79 Å². The van der Waals surface area contributed by atoms with E-state index in [4.69, 9.17) is 32.3 Å². The van der Waals surface area contributed by atoms with E-state index < -0.39 is 25.2 Å². The Morgan fingerprint density at radius 1 is 0.718 bits per heavy atom. The Kier molecular flexibility index (Phi) is 37.8. The molecule has 0 bridgehead atoms. The first-order valence-electron chi connectivity index (χ1n) is 12.6. The van der Waals surface area contributed by atoms with Crippen LogP contribution in [0.3, 0.4) is 0 Å². The number of ether oxygens (including phenoxy) is 3. The monoisotopic (exact) mass is 616 g/mol. The number of carbonyl (C=O) groups is 2. The number of rotatable bonds is 21. The SMILES string of the molecule is C.C.C.C.C=C(C)C(=O)OCCC[Si](C)(C)O[Si](C)(CCCCCO)O[Si](C)(C)CCCOCCOC.C=O. The fraction of sp³-hybridized carbons (Fsp3) is 0.857. The Labute approximate surface area is 246 Å². The molecule has 0 aliphatic rings. The molecule has 0 aromatic carbocycles. The van der Waals surface area contributed by atoms with E-state index >= 15 is 0 Å².